The van der Waals surface area contributed by atoms with Gasteiger partial charge in [-0.3, -0.25) is 13.8 Å². The molecule has 0 aromatic carbocycles. The van der Waals surface area contributed by atoms with Crippen LogP contribution in [-0.4, -0.2) is 73.4 Å². The second-order valence-electron chi connectivity index (χ2n) is 22.0. The van der Waals surface area contributed by atoms with E-state index >= 15 is 0 Å². The third kappa shape index (κ3) is 63.3. The summed E-state index contributed by atoms with van der Waals surface area (Å²) >= 11 is 0. The van der Waals surface area contributed by atoms with Gasteiger partial charge in [-0.2, -0.15) is 0 Å². The van der Waals surface area contributed by atoms with Gasteiger partial charge >= 0.3 is 7.82 Å². The van der Waals surface area contributed by atoms with Crippen LogP contribution in [0.25, 0.3) is 0 Å². The summed E-state index contributed by atoms with van der Waals surface area (Å²) in [5, 5.41) is 13.9. The first-order valence-corrected chi connectivity index (χ1v) is 33.5. The lowest BCUT2D eigenvalue weighted by atomic mass is 10.1. The van der Waals surface area contributed by atoms with E-state index in [1.54, 1.807) is 6.08 Å². The number of hydrogen-bond acceptors (Lipinski definition) is 5. The highest BCUT2D eigenvalue weighted by Gasteiger charge is 2.27. The Morgan fingerprint density at radius 3 is 1.14 bits per heavy atom. The molecule has 8 nitrogen and oxygen atoms in total. The van der Waals surface area contributed by atoms with Crippen LogP contribution in [0.4, 0.5) is 0 Å². The van der Waals surface area contributed by atoms with E-state index in [-0.39, 0.29) is 19.1 Å². The molecule has 1 amide bonds. The number of carbonyl (C=O) groups is 1. The number of nitrogens with one attached hydrogen (secondary N) is 1. The normalized spacial score (nSPS) is 14.9. The van der Waals surface area contributed by atoms with Gasteiger partial charge < -0.3 is 19.8 Å². The number of aliphatic hydroxyl groups excluding tert-OH is 1. The zero-order valence-corrected chi connectivity index (χ0v) is 53.1. The molecule has 0 radical (unpaired) electrons. The molecule has 0 rings (SSSR count). The lowest BCUT2D eigenvalue weighted by molar-refractivity contribution is -0.870. The van der Waals surface area contributed by atoms with Gasteiger partial charge in [-0.25, -0.2) is 4.57 Å². The quantitative estimate of drug-likeness (QED) is 0.0243. The molecular formula is C72H120N2O6P+. The van der Waals surface area contributed by atoms with Crippen molar-refractivity contribution in [3.8, 4) is 0 Å². The van der Waals surface area contributed by atoms with E-state index in [4.69, 9.17) is 9.05 Å². The van der Waals surface area contributed by atoms with Crippen LogP contribution in [0.5, 0.6) is 0 Å². The molecule has 0 heterocycles. The zero-order valence-electron chi connectivity index (χ0n) is 52.2. The summed E-state index contributed by atoms with van der Waals surface area (Å²) < 4.78 is 23.7. The van der Waals surface area contributed by atoms with E-state index in [0.29, 0.717) is 17.4 Å². The van der Waals surface area contributed by atoms with Gasteiger partial charge in [0.05, 0.1) is 39.9 Å². The minimum atomic E-state index is -4.38. The number of likely N-dealkylation sites (N-methyl/N-ethyl adjacent to an activating group) is 1. The Kier molecular flexibility index (Phi) is 57.4. The Balaban J connectivity index is 4.22. The highest BCUT2D eigenvalue weighted by atomic mass is 31.2. The van der Waals surface area contributed by atoms with Crippen molar-refractivity contribution in [3.63, 3.8) is 0 Å². The molecule has 3 N–H and O–H groups in total. The number of aliphatic hydroxyl groups is 1. The molecule has 81 heavy (non-hydrogen) atoms. The van der Waals surface area contributed by atoms with Crippen LogP contribution in [-0.2, 0) is 18.4 Å². The van der Waals surface area contributed by atoms with Crippen LogP contribution in [0.3, 0.4) is 0 Å². The molecule has 0 saturated carbocycles. The van der Waals surface area contributed by atoms with Crippen molar-refractivity contribution in [3.05, 3.63) is 170 Å². The van der Waals surface area contributed by atoms with Gasteiger partial charge in [-0.05, 0) is 128 Å². The van der Waals surface area contributed by atoms with Crippen molar-refractivity contribution in [1.29, 1.82) is 0 Å². The summed E-state index contributed by atoms with van der Waals surface area (Å²) in [5.41, 5.74) is 0. The number of phosphoric ester groups is 1. The maximum atomic E-state index is 13.0. The minimum Gasteiger partial charge on any atom is -0.387 e. The predicted molar refractivity (Wildman–Crippen MR) is 354 cm³/mol. The van der Waals surface area contributed by atoms with Gasteiger partial charge in [0, 0.05) is 6.42 Å². The highest BCUT2D eigenvalue weighted by Crippen LogP contribution is 2.43. The van der Waals surface area contributed by atoms with Gasteiger partial charge in [0.1, 0.15) is 13.2 Å². The second-order valence-corrected chi connectivity index (χ2v) is 23.5. The van der Waals surface area contributed by atoms with E-state index in [2.05, 4.69) is 177 Å². The minimum absolute atomic E-state index is 0.0423. The largest absolute Gasteiger partial charge is 0.472 e. The summed E-state index contributed by atoms with van der Waals surface area (Å²) in [6.07, 6.45) is 96.2. The number of rotatable bonds is 56. The fourth-order valence-corrected chi connectivity index (χ4v) is 8.93. The SMILES string of the molecule is CC/C=C\C/C=C\C/C=C\C/C=C\C/C=C\C/C=C\C/C=C\C/C=C\C/C=C\C/C=C\C/C=C\CCCCCCCCCC(=O)NC(COP(=O)(O)OCC[N+](C)(C)C)C(O)/C=C/CC/C=C/CC/C=C/CCCCCCCCCC. The Morgan fingerprint density at radius 1 is 0.432 bits per heavy atom. The van der Waals surface area contributed by atoms with Crippen LogP contribution in [0, 0.1) is 0 Å². The van der Waals surface area contributed by atoms with Gasteiger partial charge in [-0.15, -0.1) is 0 Å². The molecular weight excluding hydrogens is 1020 g/mol. The third-order valence-electron chi connectivity index (χ3n) is 13.1. The Labute approximate surface area is 498 Å². The smallest absolute Gasteiger partial charge is 0.387 e. The molecule has 0 saturated heterocycles. The predicted octanol–water partition coefficient (Wildman–Crippen LogP) is 20.4. The summed E-state index contributed by atoms with van der Waals surface area (Å²) in [7, 11) is 1.51. The van der Waals surface area contributed by atoms with Crippen molar-refractivity contribution in [2.45, 2.75) is 238 Å². The Morgan fingerprint density at radius 2 is 0.753 bits per heavy atom. The van der Waals surface area contributed by atoms with E-state index in [1.807, 2.05) is 27.2 Å². The monoisotopic (exact) mass is 1140 g/mol. The molecule has 0 spiro atoms. The number of carbonyl (C=O) groups excluding carboxylic acids is 1. The molecule has 0 fully saturated rings. The van der Waals surface area contributed by atoms with Crippen LogP contribution in [0.15, 0.2) is 170 Å². The first-order chi connectivity index (χ1) is 39.5. The number of unbranched alkanes of at least 4 members (excludes halogenated alkanes) is 17. The third-order valence-corrected chi connectivity index (χ3v) is 14.1. The fraction of sp³-hybridized carbons (Fsp3) is 0.597. The van der Waals surface area contributed by atoms with E-state index in [1.165, 1.54) is 77.0 Å². The summed E-state index contributed by atoms with van der Waals surface area (Å²) in [5.74, 6) is -0.209. The first kappa shape index (κ1) is 76.9. The van der Waals surface area contributed by atoms with Crippen LogP contribution < -0.4 is 5.32 Å². The number of quaternary nitrogens is 1. The Hall–Kier alpha value is -4.14. The second kappa shape index (κ2) is 60.5. The first-order valence-electron chi connectivity index (χ1n) is 32.0. The van der Waals surface area contributed by atoms with Crippen molar-refractivity contribution in [2.24, 2.45) is 0 Å². The lowest BCUT2D eigenvalue weighted by Crippen LogP contribution is -2.45. The van der Waals surface area contributed by atoms with Crippen molar-refractivity contribution < 1.29 is 32.9 Å². The van der Waals surface area contributed by atoms with Gasteiger partial charge in [0.25, 0.3) is 0 Å². The molecule has 3 unspecified atom stereocenters. The van der Waals surface area contributed by atoms with E-state index in [0.717, 1.165) is 128 Å². The molecule has 458 valence electrons. The summed E-state index contributed by atoms with van der Waals surface area (Å²) in [4.78, 5) is 23.3. The van der Waals surface area contributed by atoms with E-state index < -0.39 is 20.0 Å². The number of allylic oxidation sites excluding steroid dienone is 27. The standard InChI is InChI=1S/C72H119N2O6P/c1-6-8-10-12-14-16-18-20-22-24-26-27-28-29-30-31-32-33-34-35-36-37-38-39-40-41-42-43-44-45-46-47-48-50-52-54-56-58-60-62-64-66-72(76)73-70(69-80-81(77,78)79-68-67-74(3,4)5)71(75)65-63-61-59-57-55-53-51-49-25-23-21-19-17-15-13-11-9-7-2/h8,10,14,16,20,22,25-27,29-30,32-33,35-36,38-39,41-42,44-45,47-49,55,57,63,65,70-71,75H,6-7,9,11-13,15,17-19,21,23-24,28,31,34,37,40,43,46,50-54,56,58-62,64,66-69H2,1-5H3,(H-,73,76,77,78)/p+1/b10-8-,16-14-,22-20-,27-26-,30-29-,33-32-,36-35-,39-38-,42-41-,45-44-,48-47-,49-25+,57-55+,65-63+. The molecule has 0 aromatic rings. The number of amides is 1. The topological polar surface area (TPSA) is 105 Å². The van der Waals surface area contributed by atoms with Crippen LogP contribution in [0.2, 0.25) is 0 Å². The molecule has 0 aliphatic carbocycles. The molecule has 0 bridgehead atoms. The maximum Gasteiger partial charge on any atom is 0.472 e. The summed E-state index contributed by atoms with van der Waals surface area (Å²) in [6, 6.07) is -0.889. The van der Waals surface area contributed by atoms with Crippen molar-refractivity contribution in [2.75, 3.05) is 40.9 Å². The van der Waals surface area contributed by atoms with Crippen molar-refractivity contribution in [1.82, 2.24) is 5.32 Å². The summed E-state index contributed by atoms with van der Waals surface area (Å²) in [6.45, 7) is 4.64. The van der Waals surface area contributed by atoms with Crippen LogP contribution >= 0.6 is 7.82 Å². The molecule has 9 heteroatoms. The Bertz CT molecular complexity index is 1920. The molecule has 0 aliphatic rings. The maximum absolute atomic E-state index is 13.0. The van der Waals surface area contributed by atoms with Crippen LogP contribution in [0.1, 0.15) is 226 Å². The lowest BCUT2D eigenvalue weighted by Gasteiger charge is -2.25. The van der Waals surface area contributed by atoms with Gasteiger partial charge in [-0.1, -0.05) is 261 Å². The molecule has 3 atom stereocenters. The highest BCUT2D eigenvalue weighted by molar-refractivity contribution is 7.47. The number of phosphoric acid groups is 1. The van der Waals surface area contributed by atoms with Gasteiger partial charge in [0.2, 0.25) is 5.91 Å². The van der Waals surface area contributed by atoms with Gasteiger partial charge in [0.15, 0.2) is 0 Å². The molecule has 0 aliphatic heterocycles. The zero-order chi connectivity index (χ0) is 59.1. The molecule has 0 aromatic heterocycles. The fourth-order valence-electron chi connectivity index (χ4n) is 8.19. The number of hydrogen-bond donors (Lipinski definition) is 3. The average Bonchev–Trinajstić information content (AvgIpc) is 3.43. The van der Waals surface area contributed by atoms with Crippen molar-refractivity contribution >= 4 is 13.7 Å². The number of nitrogens with zero attached hydrogens (tertiary/aromatic N) is 1. The average molecular weight is 1140 g/mol. The van der Waals surface area contributed by atoms with E-state index in [9.17, 15) is 19.4 Å².